The number of carbonyl (C=O) groups is 1. The molecule has 0 radical (unpaired) electrons. The SMILES string of the molecule is COc1ccc([C@H](NC(=O)CSCc2nc3ccccc3s2)c2nccn2C)cc1. The molecule has 4 rings (SSSR count). The van der Waals surface area contributed by atoms with E-state index in [2.05, 4.69) is 21.4 Å². The maximum absolute atomic E-state index is 12.7. The second-order valence-corrected chi connectivity index (χ2v) is 8.84. The Kier molecular flexibility index (Phi) is 6.35. The van der Waals surface area contributed by atoms with E-state index in [-0.39, 0.29) is 11.9 Å². The van der Waals surface area contributed by atoms with Gasteiger partial charge in [0.25, 0.3) is 0 Å². The van der Waals surface area contributed by atoms with E-state index in [1.54, 1.807) is 36.4 Å². The highest BCUT2D eigenvalue weighted by Crippen LogP contribution is 2.26. The first-order chi connectivity index (χ1) is 14.6. The summed E-state index contributed by atoms with van der Waals surface area (Å²) in [7, 11) is 3.56. The van der Waals surface area contributed by atoms with Crippen LogP contribution in [0.15, 0.2) is 60.9 Å². The number of imidazole rings is 1. The molecule has 0 unspecified atom stereocenters. The van der Waals surface area contributed by atoms with Gasteiger partial charge in [-0.05, 0) is 29.8 Å². The Bertz CT molecular complexity index is 1100. The van der Waals surface area contributed by atoms with Crippen molar-refractivity contribution in [3.63, 3.8) is 0 Å². The number of thioether (sulfide) groups is 1. The zero-order valence-electron chi connectivity index (χ0n) is 16.7. The molecule has 1 amide bonds. The highest BCUT2D eigenvalue weighted by molar-refractivity contribution is 7.99. The molecule has 2 aromatic carbocycles. The number of aryl methyl sites for hydroxylation is 1. The normalized spacial score (nSPS) is 12.1. The number of fused-ring (bicyclic) bond motifs is 1. The van der Waals surface area contributed by atoms with Gasteiger partial charge < -0.3 is 14.6 Å². The number of nitrogens with zero attached hydrogens (tertiary/aromatic N) is 3. The summed E-state index contributed by atoms with van der Waals surface area (Å²) in [6, 6.07) is 15.4. The van der Waals surface area contributed by atoms with Crippen LogP contribution < -0.4 is 10.1 Å². The molecule has 30 heavy (non-hydrogen) atoms. The van der Waals surface area contributed by atoms with Crippen molar-refractivity contribution >= 4 is 39.2 Å². The average Bonchev–Trinajstić information content (AvgIpc) is 3.37. The number of benzene rings is 2. The maximum atomic E-state index is 12.7. The summed E-state index contributed by atoms with van der Waals surface area (Å²) in [6.45, 7) is 0. The van der Waals surface area contributed by atoms with Gasteiger partial charge in [0, 0.05) is 25.2 Å². The third-order valence-electron chi connectivity index (χ3n) is 4.67. The van der Waals surface area contributed by atoms with E-state index in [1.165, 1.54) is 4.70 Å². The van der Waals surface area contributed by atoms with Crippen LogP contribution in [0.4, 0.5) is 0 Å². The molecule has 0 aliphatic rings. The first-order valence-corrected chi connectivity index (χ1v) is 11.4. The first-order valence-electron chi connectivity index (χ1n) is 9.47. The Labute approximate surface area is 183 Å². The minimum atomic E-state index is -0.327. The van der Waals surface area contributed by atoms with Crippen LogP contribution in [0.5, 0.6) is 5.75 Å². The molecule has 0 saturated heterocycles. The standard InChI is InChI=1S/C22H22N4O2S2/c1-26-12-11-23-22(26)21(15-7-9-16(28-2)10-8-15)25-19(27)13-29-14-20-24-17-5-3-4-6-18(17)30-20/h3-12,21H,13-14H2,1-2H3,(H,25,27)/t21-/m0/s1. The van der Waals surface area contributed by atoms with Gasteiger partial charge in [-0.2, -0.15) is 0 Å². The molecule has 2 heterocycles. The summed E-state index contributed by atoms with van der Waals surface area (Å²) in [6.07, 6.45) is 3.61. The second-order valence-electron chi connectivity index (χ2n) is 6.74. The van der Waals surface area contributed by atoms with E-state index < -0.39 is 0 Å². The Hall–Kier alpha value is -2.84. The van der Waals surface area contributed by atoms with Crippen molar-refractivity contribution in [1.82, 2.24) is 19.9 Å². The van der Waals surface area contributed by atoms with Crippen molar-refractivity contribution in [2.24, 2.45) is 7.05 Å². The van der Waals surface area contributed by atoms with Crippen LogP contribution in [0.3, 0.4) is 0 Å². The van der Waals surface area contributed by atoms with Crippen molar-refractivity contribution in [1.29, 1.82) is 0 Å². The number of methoxy groups -OCH3 is 1. The number of thiazole rings is 1. The van der Waals surface area contributed by atoms with Crippen LogP contribution in [0.1, 0.15) is 22.4 Å². The monoisotopic (exact) mass is 438 g/mol. The summed E-state index contributed by atoms with van der Waals surface area (Å²) >= 11 is 3.24. The summed E-state index contributed by atoms with van der Waals surface area (Å²) in [5.74, 6) is 2.58. The van der Waals surface area contributed by atoms with Gasteiger partial charge in [0.05, 0.1) is 23.1 Å². The Morgan fingerprint density at radius 3 is 2.73 bits per heavy atom. The molecule has 8 heteroatoms. The number of carbonyl (C=O) groups excluding carboxylic acids is 1. The molecule has 1 atom stereocenters. The molecular formula is C22H22N4O2S2. The maximum Gasteiger partial charge on any atom is 0.230 e. The van der Waals surface area contributed by atoms with Crippen LogP contribution in [-0.4, -0.2) is 33.3 Å². The third-order valence-corrected chi connectivity index (χ3v) is 6.83. The molecule has 0 bridgehead atoms. The van der Waals surface area contributed by atoms with E-state index in [0.717, 1.165) is 27.7 Å². The predicted octanol–water partition coefficient (Wildman–Crippen LogP) is 4.18. The molecule has 2 aromatic heterocycles. The zero-order chi connectivity index (χ0) is 20.9. The highest BCUT2D eigenvalue weighted by Gasteiger charge is 2.21. The number of ether oxygens (including phenoxy) is 1. The Morgan fingerprint density at radius 2 is 2.03 bits per heavy atom. The lowest BCUT2D eigenvalue weighted by molar-refractivity contribution is -0.119. The summed E-state index contributed by atoms with van der Waals surface area (Å²) < 4.78 is 8.34. The lowest BCUT2D eigenvalue weighted by Gasteiger charge is -2.19. The molecule has 0 aliphatic heterocycles. The van der Waals surface area contributed by atoms with Crippen LogP contribution >= 0.6 is 23.1 Å². The molecule has 0 fully saturated rings. The molecule has 1 N–H and O–H groups in total. The van der Waals surface area contributed by atoms with Crippen LogP contribution in [0.2, 0.25) is 0 Å². The molecule has 4 aromatic rings. The van der Waals surface area contributed by atoms with Gasteiger partial charge in [-0.1, -0.05) is 24.3 Å². The van der Waals surface area contributed by atoms with Gasteiger partial charge in [-0.15, -0.1) is 23.1 Å². The smallest absolute Gasteiger partial charge is 0.230 e. The molecule has 0 aliphatic carbocycles. The molecule has 0 saturated carbocycles. The van der Waals surface area contributed by atoms with Gasteiger partial charge in [0.2, 0.25) is 5.91 Å². The van der Waals surface area contributed by atoms with E-state index >= 15 is 0 Å². The van der Waals surface area contributed by atoms with E-state index in [9.17, 15) is 4.79 Å². The quantitative estimate of drug-likeness (QED) is 0.447. The Morgan fingerprint density at radius 1 is 1.23 bits per heavy atom. The summed E-state index contributed by atoms with van der Waals surface area (Å²) in [5.41, 5.74) is 1.96. The fourth-order valence-electron chi connectivity index (χ4n) is 3.16. The minimum Gasteiger partial charge on any atom is -0.497 e. The largest absolute Gasteiger partial charge is 0.497 e. The first kappa shape index (κ1) is 20.4. The van der Waals surface area contributed by atoms with Crippen molar-refractivity contribution in [3.05, 3.63) is 77.3 Å². The van der Waals surface area contributed by atoms with Crippen molar-refractivity contribution in [3.8, 4) is 5.75 Å². The second kappa shape index (κ2) is 9.32. The van der Waals surface area contributed by atoms with Crippen molar-refractivity contribution in [2.75, 3.05) is 12.9 Å². The molecule has 154 valence electrons. The number of para-hydroxylation sites is 1. The fourth-order valence-corrected chi connectivity index (χ4v) is 5.02. The third kappa shape index (κ3) is 4.66. The van der Waals surface area contributed by atoms with Gasteiger partial charge in [0.15, 0.2) is 0 Å². The number of nitrogens with one attached hydrogen (secondary N) is 1. The topological polar surface area (TPSA) is 69.0 Å². The van der Waals surface area contributed by atoms with Crippen LogP contribution in [0.25, 0.3) is 10.2 Å². The van der Waals surface area contributed by atoms with E-state index in [1.807, 2.05) is 60.3 Å². The summed E-state index contributed by atoms with van der Waals surface area (Å²) in [4.78, 5) is 21.8. The predicted molar refractivity (Wildman–Crippen MR) is 122 cm³/mol. The summed E-state index contributed by atoms with van der Waals surface area (Å²) in [5, 5.41) is 4.16. The highest BCUT2D eigenvalue weighted by atomic mass is 32.2. The fraction of sp³-hybridized carbons (Fsp3) is 0.227. The number of rotatable bonds is 8. The van der Waals surface area contributed by atoms with Crippen LogP contribution in [-0.2, 0) is 17.6 Å². The molecule has 0 spiro atoms. The minimum absolute atomic E-state index is 0.0371. The zero-order valence-corrected chi connectivity index (χ0v) is 18.4. The van der Waals surface area contributed by atoms with Gasteiger partial charge in [-0.25, -0.2) is 9.97 Å². The number of aromatic nitrogens is 3. The Balaban J connectivity index is 1.41. The lowest BCUT2D eigenvalue weighted by atomic mass is 10.1. The van der Waals surface area contributed by atoms with Crippen molar-refractivity contribution < 1.29 is 9.53 Å². The average molecular weight is 439 g/mol. The van der Waals surface area contributed by atoms with Crippen molar-refractivity contribution in [2.45, 2.75) is 11.8 Å². The molecule has 6 nitrogen and oxygen atoms in total. The number of hydrogen-bond donors (Lipinski definition) is 1. The van der Waals surface area contributed by atoms with Crippen LogP contribution in [0, 0.1) is 0 Å². The lowest BCUT2D eigenvalue weighted by Crippen LogP contribution is -2.32. The number of amides is 1. The van der Waals surface area contributed by atoms with E-state index in [0.29, 0.717) is 11.5 Å². The van der Waals surface area contributed by atoms with E-state index in [4.69, 9.17) is 4.74 Å². The molecular weight excluding hydrogens is 416 g/mol. The number of hydrogen-bond acceptors (Lipinski definition) is 6. The van der Waals surface area contributed by atoms with Gasteiger partial charge in [-0.3, -0.25) is 4.79 Å². The van der Waals surface area contributed by atoms with Gasteiger partial charge in [0.1, 0.15) is 22.6 Å². The van der Waals surface area contributed by atoms with Gasteiger partial charge >= 0.3 is 0 Å².